The molecule has 16 heavy (non-hydrogen) atoms. The van der Waals surface area contributed by atoms with Crippen LogP contribution in [0, 0.1) is 0 Å². The van der Waals surface area contributed by atoms with Gasteiger partial charge in [0.15, 0.2) is 0 Å². The number of likely N-dealkylation sites (tertiary alicyclic amines) is 1. The van der Waals surface area contributed by atoms with Gasteiger partial charge in [-0.1, -0.05) is 6.92 Å². The minimum absolute atomic E-state index is 0.252. The third-order valence-corrected chi connectivity index (χ3v) is 3.19. The minimum atomic E-state index is 0.252. The molecule has 1 saturated heterocycles. The van der Waals surface area contributed by atoms with Crippen molar-refractivity contribution in [3.05, 3.63) is 12.2 Å². The molecular weight excluding hydrogens is 204 g/mol. The van der Waals surface area contributed by atoms with Gasteiger partial charge in [-0.3, -0.25) is 4.90 Å². The lowest BCUT2D eigenvalue weighted by atomic mass is 10.2. The van der Waals surface area contributed by atoms with Crippen molar-refractivity contribution in [1.29, 1.82) is 0 Å². The van der Waals surface area contributed by atoms with Crippen LogP contribution >= 0.6 is 0 Å². The van der Waals surface area contributed by atoms with E-state index < -0.39 is 0 Å². The molecule has 0 aromatic carbocycles. The average Bonchev–Trinajstić information content (AvgIpc) is 2.89. The van der Waals surface area contributed by atoms with Crippen molar-refractivity contribution >= 4 is 0 Å². The highest BCUT2D eigenvalue weighted by molar-refractivity contribution is 4.89. The molecule has 0 aliphatic carbocycles. The van der Waals surface area contributed by atoms with E-state index in [1.807, 2.05) is 4.68 Å². The van der Waals surface area contributed by atoms with E-state index in [1.165, 1.54) is 6.42 Å². The zero-order chi connectivity index (χ0) is 11.4. The first kappa shape index (κ1) is 11.5. The predicted molar refractivity (Wildman–Crippen MR) is 60.8 cm³/mol. The predicted octanol–water partition coefficient (Wildman–Crippen LogP) is 0.645. The monoisotopic (exact) mass is 224 g/mol. The van der Waals surface area contributed by atoms with Gasteiger partial charge in [0.2, 0.25) is 0 Å². The van der Waals surface area contributed by atoms with Crippen LogP contribution in [0.15, 0.2) is 6.33 Å². The zero-order valence-corrected chi connectivity index (χ0v) is 9.84. The van der Waals surface area contributed by atoms with Gasteiger partial charge in [-0.05, 0) is 25.8 Å². The molecule has 0 saturated carbocycles. The summed E-state index contributed by atoms with van der Waals surface area (Å²) in [6, 6.07) is 0.312. The van der Waals surface area contributed by atoms with Crippen molar-refractivity contribution in [2.24, 2.45) is 0 Å². The smallest absolute Gasteiger partial charge is 0.141 e. The minimum Gasteiger partial charge on any atom is -0.395 e. The molecule has 1 atom stereocenters. The second kappa shape index (κ2) is 5.41. The van der Waals surface area contributed by atoms with Crippen LogP contribution in [0.5, 0.6) is 0 Å². The van der Waals surface area contributed by atoms with E-state index in [0.717, 1.165) is 38.3 Å². The Morgan fingerprint density at radius 1 is 1.56 bits per heavy atom. The highest BCUT2D eigenvalue weighted by Crippen LogP contribution is 2.18. The molecule has 2 rings (SSSR count). The van der Waals surface area contributed by atoms with Crippen LogP contribution in [0.25, 0.3) is 0 Å². The average molecular weight is 224 g/mol. The molecule has 1 N–H and O–H groups in total. The molecule has 1 fully saturated rings. The van der Waals surface area contributed by atoms with Gasteiger partial charge < -0.3 is 5.11 Å². The molecule has 90 valence electrons. The highest BCUT2D eigenvalue weighted by Gasteiger charge is 2.24. The third-order valence-electron chi connectivity index (χ3n) is 3.19. The van der Waals surface area contributed by atoms with E-state index in [2.05, 4.69) is 21.9 Å². The van der Waals surface area contributed by atoms with Crippen LogP contribution < -0.4 is 0 Å². The van der Waals surface area contributed by atoms with Gasteiger partial charge in [0.1, 0.15) is 12.2 Å². The number of rotatable bonds is 5. The molecule has 0 unspecified atom stereocenters. The molecule has 1 aromatic rings. The Labute approximate surface area is 96.1 Å². The Balaban J connectivity index is 1.99. The molecule has 1 aliphatic heterocycles. The van der Waals surface area contributed by atoms with Crippen molar-refractivity contribution in [2.45, 2.75) is 45.3 Å². The van der Waals surface area contributed by atoms with E-state index in [9.17, 15) is 5.11 Å². The number of nitrogens with zero attached hydrogens (tertiary/aromatic N) is 4. The maximum Gasteiger partial charge on any atom is 0.141 e. The van der Waals surface area contributed by atoms with E-state index in [-0.39, 0.29) is 6.61 Å². The van der Waals surface area contributed by atoms with Crippen molar-refractivity contribution < 1.29 is 5.11 Å². The van der Waals surface area contributed by atoms with Gasteiger partial charge in [-0.15, -0.1) is 0 Å². The molecule has 5 heteroatoms. The van der Waals surface area contributed by atoms with Crippen LogP contribution in [0.3, 0.4) is 0 Å². The first-order valence-corrected chi connectivity index (χ1v) is 6.06. The molecule has 1 aromatic heterocycles. The number of hydrogen-bond acceptors (Lipinski definition) is 4. The van der Waals surface area contributed by atoms with Crippen LogP contribution in [-0.2, 0) is 13.1 Å². The highest BCUT2D eigenvalue weighted by atomic mass is 16.3. The Hall–Kier alpha value is -0.940. The summed E-state index contributed by atoms with van der Waals surface area (Å²) in [5, 5.41) is 13.5. The summed E-state index contributed by atoms with van der Waals surface area (Å²) in [4.78, 5) is 6.60. The fraction of sp³-hybridized carbons (Fsp3) is 0.818. The summed E-state index contributed by atoms with van der Waals surface area (Å²) in [7, 11) is 0. The van der Waals surface area contributed by atoms with E-state index in [4.69, 9.17) is 0 Å². The van der Waals surface area contributed by atoms with Gasteiger partial charge in [0.25, 0.3) is 0 Å². The van der Waals surface area contributed by atoms with Crippen molar-refractivity contribution in [3.63, 3.8) is 0 Å². The van der Waals surface area contributed by atoms with E-state index in [1.54, 1.807) is 6.33 Å². The zero-order valence-electron chi connectivity index (χ0n) is 9.84. The number of aryl methyl sites for hydroxylation is 1. The Morgan fingerprint density at radius 3 is 3.19 bits per heavy atom. The van der Waals surface area contributed by atoms with E-state index >= 15 is 0 Å². The lowest BCUT2D eigenvalue weighted by Crippen LogP contribution is -2.32. The summed E-state index contributed by atoms with van der Waals surface area (Å²) in [6.45, 7) is 5.18. The Kier molecular flexibility index (Phi) is 3.90. The maximum absolute atomic E-state index is 9.25. The van der Waals surface area contributed by atoms with Crippen molar-refractivity contribution in [3.8, 4) is 0 Å². The van der Waals surface area contributed by atoms with Crippen molar-refractivity contribution in [2.75, 3.05) is 13.2 Å². The number of aromatic nitrogens is 3. The molecule has 5 nitrogen and oxygen atoms in total. The summed E-state index contributed by atoms with van der Waals surface area (Å²) in [5.41, 5.74) is 0. The Bertz CT molecular complexity index is 326. The number of hydrogen-bond donors (Lipinski definition) is 1. The van der Waals surface area contributed by atoms with Crippen molar-refractivity contribution in [1.82, 2.24) is 19.7 Å². The molecule has 0 amide bonds. The van der Waals surface area contributed by atoms with Gasteiger partial charge in [-0.25, -0.2) is 9.67 Å². The molecular formula is C11H20N4O. The van der Waals surface area contributed by atoms with Gasteiger partial charge in [0.05, 0.1) is 13.2 Å². The Morgan fingerprint density at radius 2 is 2.44 bits per heavy atom. The molecule has 1 aliphatic rings. The first-order valence-electron chi connectivity index (χ1n) is 6.06. The van der Waals surface area contributed by atoms with Crippen LogP contribution in [0.2, 0.25) is 0 Å². The lowest BCUT2D eigenvalue weighted by molar-refractivity contribution is 0.149. The van der Waals surface area contributed by atoms with Gasteiger partial charge in [0, 0.05) is 12.6 Å². The van der Waals surface area contributed by atoms with Crippen LogP contribution in [0.1, 0.15) is 32.0 Å². The molecule has 2 heterocycles. The standard InChI is InChI=1S/C11H20N4O/c1-2-5-15-11(12-9-13-15)7-14-6-3-4-10(14)8-16/h9-10,16H,2-8H2,1H3/t10-/m0/s1. The fourth-order valence-electron chi connectivity index (χ4n) is 2.30. The van der Waals surface area contributed by atoms with Crippen LogP contribution in [-0.4, -0.2) is 44.0 Å². The molecule has 0 bridgehead atoms. The lowest BCUT2D eigenvalue weighted by Gasteiger charge is -2.22. The first-order chi connectivity index (χ1) is 7.85. The van der Waals surface area contributed by atoms with Gasteiger partial charge >= 0.3 is 0 Å². The topological polar surface area (TPSA) is 54.2 Å². The molecule has 0 spiro atoms. The second-order valence-corrected chi connectivity index (χ2v) is 4.35. The summed E-state index contributed by atoms with van der Waals surface area (Å²) >= 11 is 0. The largest absolute Gasteiger partial charge is 0.395 e. The molecule has 0 radical (unpaired) electrons. The van der Waals surface area contributed by atoms with Gasteiger partial charge in [-0.2, -0.15) is 5.10 Å². The quantitative estimate of drug-likeness (QED) is 0.797. The summed E-state index contributed by atoms with van der Waals surface area (Å²) in [6.07, 6.45) is 4.96. The maximum atomic E-state index is 9.25. The summed E-state index contributed by atoms with van der Waals surface area (Å²) < 4.78 is 1.97. The second-order valence-electron chi connectivity index (χ2n) is 4.35. The van der Waals surface area contributed by atoms with E-state index in [0.29, 0.717) is 6.04 Å². The normalized spacial score (nSPS) is 21.8. The number of aliphatic hydroxyl groups is 1. The fourth-order valence-corrected chi connectivity index (χ4v) is 2.30. The number of aliphatic hydroxyl groups excluding tert-OH is 1. The third kappa shape index (κ3) is 2.41. The summed E-state index contributed by atoms with van der Waals surface area (Å²) in [5.74, 6) is 1.02. The van der Waals surface area contributed by atoms with Crippen LogP contribution in [0.4, 0.5) is 0 Å². The SMILES string of the molecule is CCCn1ncnc1CN1CCC[C@H]1CO.